The number of thiazole rings is 1. The Labute approximate surface area is 122 Å². The van der Waals surface area contributed by atoms with Crippen LogP contribution in [-0.2, 0) is 11.8 Å². The van der Waals surface area contributed by atoms with Crippen molar-refractivity contribution in [3.05, 3.63) is 28.7 Å². The van der Waals surface area contributed by atoms with Gasteiger partial charge in [-0.3, -0.25) is 0 Å². The van der Waals surface area contributed by atoms with Gasteiger partial charge in [-0.05, 0) is 0 Å². The van der Waals surface area contributed by atoms with Crippen molar-refractivity contribution in [2.24, 2.45) is 5.41 Å². The zero-order chi connectivity index (χ0) is 14.7. The molecule has 2 nitrogen and oxygen atoms in total. The molecule has 1 rings (SSSR count). The molecule has 1 aromatic heterocycles. The Kier molecular flexibility index (Phi) is 5.34. The number of rotatable bonds is 6. The minimum absolute atomic E-state index is 0.0667. The third-order valence-electron chi connectivity index (χ3n) is 3.28. The van der Waals surface area contributed by atoms with Gasteiger partial charge in [0, 0.05) is 35.2 Å². The van der Waals surface area contributed by atoms with Crippen molar-refractivity contribution in [1.82, 2.24) is 10.3 Å². The van der Waals surface area contributed by atoms with E-state index in [0.717, 1.165) is 13.0 Å². The summed E-state index contributed by atoms with van der Waals surface area (Å²) in [5.74, 6) is 0. The molecule has 1 heterocycles. The van der Waals surface area contributed by atoms with E-state index >= 15 is 0 Å². The number of aromatic nitrogens is 1. The minimum atomic E-state index is 0.0667. The molecule has 0 saturated heterocycles. The van der Waals surface area contributed by atoms with Gasteiger partial charge in [0.1, 0.15) is 0 Å². The summed E-state index contributed by atoms with van der Waals surface area (Å²) in [5.41, 5.74) is 1.39. The van der Waals surface area contributed by atoms with Gasteiger partial charge in [0.05, 0.1) is 10.7 Å². The molecule has 0 fully saturated rings. The molecular weight excluding hydrogens is 252 g/mol. The van der Waals surface area contributed by atoms with Crippen molar-refractivity contribution >= 4 is 11.3 Å². The Morgan fingerprint density at radius 3 is 2.42 bits per heavy atom. The highest BCUT2D eigenvalue weighted by atomic mass is 32.1. The second-order valence-corrected chi connectivity index (χ2v) is 7.89. The summed E-state index contributed by atoms with van der Waals surface area (Å²) in [6.45, 7) is 18.2. The Hall–Kier alpha value is -0.670. The van der Waals surface area contributed by atoms with Crippen molar-refractivity contribution in [2.45, 2.75) is 59.4 Å². The van der Waals surface area contributed by atoms with E-state index in [4.69, 9.17) is 4.98 Å². The number of hydrogen-bond donors (Lipinski definition) is 1. The van der Waals surface area contributed by atoms with Crippen LogP contribution in [0.3, 0.4) is 0 Å². The summed E-state index contributed by atoms with van der Waals surface area (Å²) >= 11 is 1.77. The molecule has 19 heavy (non-hydrogen) atoms. The lowest BCUT2D eigenvalue weighted by Gasteiger charge is -2.26. The molecule has 0 spiro atoms. The SMILES string of the molecule is C=CC(C)(CNC(C)C)Cc1nc(C(C)(C)C)cs1. The molecule has 0 aliphatic carbocycles. The van der Waals surface area contributed by atoms with Gasteiger partial charge in [-0.15, -0.1) is 17.9 Å². The van der Waals surface area contributed by atoms with Crippen molar-refractivity contribution in [2.75, 3.05) is 6.54 Å². The average Bonchev–Trinajstić information content (AvgIpc) is 2.74. The molecule has 0 aliphatic heterocycles. The maximum Gasteiger partial charge on any atom is 0.0937 e. The molecule has 1 aromatic rings. The summed E-state index contributed by atoms with van der Waals surface area (Å²) in [6, 6.07) is 0.501. The molecule has 1 N–H and O–H groups in total. The van der Waals surface area contributed by atoms with Crippen LogP contribution in [0, 0.1) is 5.41 Å². The van der Waals surface area contributed by atoms with E-state index in [1.165, 1.54) is 10.7 Å². The second kappa shape index (κ2) is 6.19. The van der Waals surface area contributed by atoms with Gasteiger partial charge in [-0.25, -0.2) is 4.98 Å². The molecule has 0 bridgehead atoms. The lowest BCUT2D eigenvalue weighted by Crippen LogP contribution is -2.35. The minimum Gasteiger partial charge on any atom is -0.314 e. The highest BCUT2D eigenvalue weighted by molar-refractivity contribution is 7.09. The van der Waals surface area contributed by atoms with E-state index in [9.17, 15) is 0 Å². The van der Waals surface area contributed by atoms with Crippen LogP contribution < -0.4 is 5.32 Å². The smallest absolute Gasteiger partial charge is 0.0937 e. The Morgan fingerprint density at radius 2 is 2.00 bits per heavy atom. The Balaban J connectivity index is 2.75. The topological polar surface area (TPSA) is 24.9 Å². The highest BCUT2D eigenvalue weighted by Crippen LogP contribution is 2.29. The maximum absolute atomic E-state index is 4.78. The fourth-order valence-electron chi connectivity index (χ4n) is 1.73. The van der Waals surface area contributed by atoms with Crippen LogP contribution in [-0.4, -0.2) is 17.6 Å². The van der Waals surface area contributed by atoms with E-state index in [0.29, 0.717) is 6.04 Å². The van der Waals surface area contributed by atoms with Crippen LogP contribution in [0.2, 0.25) is 0 Å². The molecule has 1 unspecified atom stereocenters. The second-order valence-electron chi connectivity index (χ2n) is 6.95. The first-order valence-electron chi connectivity index (χ1n) is 6.98. The van der Waals surface area contributed by atoms with Gasteiger partial charge in [0.2, 0.25) is 0 Å². The summed E-state index contributed by atoms with van der Waals surface area (Å²) in [6.07, 6.45) is 3.01. The highest BCUT2D eigenvalue weighted by Gasteiger charge is 2.24. The van der Waals surface area contributed by atoms with E-state index < -0.39 is 0 Å². The third-order valence-corrected chi connectivity index (χ3v) is 4.13. The number of nitrogens with zero attached hydrogens (tertiary/aromatic N) is 1. The summed E-state index contributed by atoms with van der Waals surface area (Å²) in [7, 11) is 0. The molecular formula is C16H28N2S. The van der Waals surface area contributed by atoms with Crippen LogP contribution in [0.1, 0.15) is 52.2 Å². The lowest BCUT2D eigenvalue weighted by atomic mass is 9.86. The monoisotopic (exact) mass is 280 g/mol. The van der Waals surface area contributed by atoms with Gasteiger partial charge in [0.25, 0.3) is 0 Å². The largest absolute Gasteiger partial charge is 0.314 e. The fraction of sp³-hybridized carbons (Fsp3) is 0.688. The first-order chi connectivity index (χ1) is 8.66. The summed E-state index contributed by atoms with van der Waals surface area (Å²) in [5, 5.41) is 6.90. The van der Waals surface area contributed by atoms with Crippen molar-refractivity contribution in [1.29, 1.82) is 0 Å². The van der Waals surface area contributed by atoms with Gasteiger partial charge >= 0.3 is 0 Å². The van der Waals surface area contributed by atoms with E-state index in [2.05, 4.69) is 64.9 Å². The molecule has 0 radical (unpaired) electrons. The number of nitrogens with one attached hydrogen (secondary N) is 1. The third kappa shape index (κ3) is 5.07. The maximum atomic E-state index is 4.78. The molecule has 0 amide bonds. The zero-order valence-corrected chi connectivity index (χ0v) is 14.0. The van der Waals surface area contributed by atoms with Crippen molar-refractivity contribution in [3.63, 3.8) is 0 Å². The van der Waals surface area contributed by atoms with Crippen LogP contribution >= 0.6 is 11.3 Å². The van der Waals surface area contributed by atoms with Gasteiger partial charge < -0.3 is 5.32 Å². The van der Waals surface area contributed by atoms with E-state index in [1.807, 2.05) is 0 Å². The lowest BCUT2D eigenvalue weighted by molar-refractivity contribution is 0.372. The van der Waals surface area contributed by atoms with Gasteiger partial charge in [0.15, 0.2) is 0 Å². The van der Waals surface area contributed by atoms with E-state index in [1.54, 1.807) is 11.3 Å². The quantitative estimate of drug-likeness (QED) is 0.791. The molecule has 3 heteroatoms. The summed E-state index contributed by atoms with van der Waals surface area (Å²) < 4.78 is 0. The van der Waals surface area contributed by atoms with Crippen LogP contribution in [0.4, 0.5) is 0 Å². The molecule has 108 valence electrons. The standard InChI is InChI=1S/C16H28N2S/c1-8-16(7,11-17-12(2)3)9-14-18-13(10-19-14)15(4,5)6/h8,10,12,17H,1,9,11H2,2-7H3. The van der Waals surface area contributed by atoms with Crippen molar-refractivity contribution < 1.29 is 0 Å². The Bertz CT molecular complexity index is 415. The normalized spacial score (nSPS) is 15.5. The zero-order valence-electron chi connectivity index (χ0n) is 13.2. The van der Waals surface area contributed by atoms with Crippen LogP contribution in [0.5, 0.6) is 0 Å². The first-order valence-corrected chi connectivity index (χ1v) is 7.86. The first kappa shape index (κ1) is 16.4. The van der Waals surface area contributed by atoms with Crippen LogP contribution in [0.25, 0.3) is 0 Å². The van der Waals surface area contributed by atoms with Gasteiger partial charge in [-0.2, -0.15) is 0 Å². The molecule has 0 aliphatic rings. The molecule has 1 atom stereocenters. The number of hydrogen-bond acceptors (Lipinski definition) is 3. The van der Waals surface area contributed by atoms with E-state index in [-0.39, 0.29) is 10.8 Å². The van der Waals surface area contributed by atoms with Crippen molar-refractivity contribution in [3.8, 4) is 0 Å². The summed E-state index contributed by atoms with van der Waals surface area (Å²) in [4.78, 5) is 4.78. The average molecular weight is 280 g/mol. The van der Waals surface area contributed by atoms with Crippen LogP contribution in [0.15, 0.2) is 18.0 Å². The predicted molar refractivity (Wildman–Crippen MR) is 86.0 cm³/mol. The molecule has 0 aromatic carbocycles. The predicted octanol–water partition coefficient (Wildman–Crippen LogP) is 4.17. The fourth-order valence-corrected chi connectivity index (χ4v) is 2.94. The van der Waals surface area contributed by atoms with Gasteiger partial charge in [-0.1, -0.05) is 47.6 Å². The Morgan fingerprint density at radius 1 is 1.37 bits per heavy atom. The molecule has 0 saturated carbocycles.